The lowest BCUT2D eigenvalue weighted by Crippen LogP contribution is -2.46. The summed E-state index contributed by atoms with van der Waals surface area (Å²) < 4.78 is 47.3. The topological polar surface area (TPSA) is 97.2 Å². The molecule has 4 rings (SSSR count). The first-order valence-electron chi connectivity index (χ1n) is 12.9. The second-order valence-electron chi connectivity index (χ2n) is 9.50. The third-order valence-corrected chi connectivity index (χ3v) is 6.49. The molecule has 4 N–H and O–H groups in total. The molecule has 0 spiro atoms. The SMILES string of the molecule is CCc1cccc(CNCC(OC(=O)c2cc(C(=O)c3ccccc3F)c[nH]2)C(N)Cc2cc(F)cc(F)c2)c1. The number of hydrogen-bond acceptors (Lipinski definition) is 5. The number of carbonyl (C=O) groups is 2. The highest BCUT2D eigenvalue weighted by Gasteiger charge is 2.25. The van der Waals surface area contributed by atoms with Gasteiger partial charge in [0, 0.05) is 37.0 Å². The zero-order valence-corrected chi connectivity index (χ0v) is 21.9. The first kappa shape index (κ1) is 28.8. The number of benzene rings is 3. The van der Waals surface area contributed by atoms with Crippen LogP contribution in [0.15, 0.2) is 79.0 Å². The molecule has 0 radical (unpaired) electrons. The minimum absolute atomic E-state index is 0.0238. The van der Waals surface area contributed by atoms with Gasteiger partial charge in [-0.2, -0.15) is 0 Å². The summed E-state index contributed by atoms with van der Waals surface area (Å²) in [6, 6.07) is 17.2. The molecule has 40 heavy (non-hydrogen) atoms. The molecule has 0 fully saturated rings. The van der Waals surface area contributed by atoms with Crippen molar-refractivity contribution in [2.45, 2.75) is 38.5 Å². The molecule has 4 aromatic rings. The number of carbonyl (C=O) groups excluding carboxylic acids is 2. The van der Waals surface area contributed by atoms with Gasteiger partial charge in [-0.3, -0.25) is 4.79 Å². The van der Waals surface area contributed by atoms with E-state index in [0.29, 0.717) is 12.1 Å². The molecule has 6 nitrogen and oxygen atoms in total. The maximum absolute atomic E-state index is 14.1. The van der Waals surface area contributed by atoms with Crippen LogP contribution in [-0.4, -0.2) is 35.4 Å². The van der Waals surface area contributed by atoms with Crippen LogP contribution >= 0.6 is 0 Å². The minimum Gasteiger partial charge on any atom is -0.455 e. The average molecular weight is 550 g/mol. The maximum Gasteiger partial charge on any atom is 0.355 e. The fourth-order valence-electron chi connectivity index (χ4n) is 4.38. The number of ether oxygens (including phenoxy) is 1. The van der Waals surface area contributed by atoms with E-state index in [1.54, 1.807) is 6.07 Å². The Hall–Kier alpha value is -4.21. The zero-order chi connectivity index (χ0) is 28.6. The monoisotopic (exact) mass is 549 g/mol. The largest absolute Gasteiger partial charge is 0.455 e. The summed E-state index contributed by atoms with van der Waals surface area (Å²) in [5.74, 6) is -3.52. The summed E-state index contributed by atoms with van der Waals surface area (Å²) in [5.41, 5.74) is 8.85. The van der Waals surface area contributed by atoms with Crippen LogP contribution in [0.4, 0.5) is 13.2 Å². The van der Waals surface area contributed by atoms with Gasteiger partial charge in [0.05, 0.1) is 5.56 Å². The molecule has 1 aromatic heterocycles. The van der Waals surface area contributed by atoms with Crippen molar-refractivity contribution in [1.29, 1.82) is 0 Å². The van der Waals surface area contributed by atoms with Gasteiger partial charge in [-0.15, -0.1) is 0 Å². The molecule has 9 heteroatoms. The molecule has 0 bridgehead atoms. The lowest BCUT2D eigenvalue weighted by atomic mass is 10.0. The number of ketones is 1. The summed E-state index contributed by atoms with van der Waals surface area (Å²) in [6.07, 6.45) is 1.35. The Balaban J connectivity index is 1.48. The first-order chi connectivity index (χ1) is 19.2. The molecule has 0 saturated carbocycles. The van der Waals surface area contributed by atoms with Gasteiger partial charge in [-0.25, -0.2) is 18.0 Å². The van der Waals surface area contributed by atoms with E-state index in [-0.39, 0.29) is 29.8 Å². The molecular weight excluding hydrogens is 519 g/mol. The van der Waals surface area contributed by atoms with Crippen LogP contribution in [0.5, 0.6) is 0 Å². The first-order valence-corrected chi connectivity index (χ1v) is 12.9. The Bertz CT molecular complexity index is 1470. The molecule has 2 unspecified atom stereocenters. The van der Waals surface area contributed by atoms with Crippen LogP contribution in [0.2, 0.25) is 0 Å². The predicted molar refractivity (Wildman–Crippen MR) is 145 cm³/mol. The Kier molecular flexibility index (Phi) is 9.52. The Morgan fingerprint density at radius 2 is 1.65 bits per heavy atom. The van der Waals surface area contributed by atoms with Crippen LogP contribution in [0.25, 0.3) is 0 Å². The Morgan fingerprint density at radius 3 is 2.38 bits per heavy atom. The number of nitrogens with one attached hydrogen (secondary N) is 2. The van der Waals surface area contributed by atoms with Crippen LogP contribution < -0.4 is 11.1 Å². The Morgan fingerprint density at radius 1 is 0.925 bits per heavy atom. The third kappa shape index (κ3) is 7.46. The summed E-state index contributed by atoms with van der Waals surface area (Å²) in [4.78, 5) is 28.4. The van der Waals surface area contributed by atoms with Gasteiger partial charge in [0.25, 0.3) is 0 Å². The summed E-state index contributed by atoms with van der Waals surface area (Å²) >= 11 is 0. The molecule has 3 aromatic carbocycles. The third-order valence-electron chi connectivity index (χ3n) is 6.49. The summed E-state index contributed by atoms with van der Waals surface area (Å²) in [6.45, 7) is 2.70. The molecule has 0 saturated heterocycles. The van der Waals surface area contributed by atoms with Gasteiger partial charge in [0.2, 0.25) is 0 Å². The van der Waals surface area contributed by atoms with Crippen LogP contribution in [-0.2, 0) is 24.1 Å². The van der Waals surface area contributed by atoms with Crippen molar-refractivity contribution in [3.63, 3.8) is 0 Å². The van der Waals surface area contributed by atoms with Gasteiger partial charge < -0.3 is 20.8 Å². The van der Waals surface area contributed by atoms with Crippen LogP contribution in [0, 0.1) is 17.5 Å². The van der Waals surface area contributed by atoms with E-state index in [0.717, 1.165) is 18.1 Å². The molecule has 1 heterocycles. The van der Waals surface area contributed by atoms with Crippen LogP contribution in [0.1, 0.15) is 50.0 Å². The van der Waals surface area contributed by atoms with Crippen molar-refractivity contribution in [3.8, 4) is 0 Å². The van der Waals surface area contributed by atoms with Crippen LogP contribution in [0.3, 0.4) is 0 Å². The van der Waals surface area contributed by atoms with Gasteiger partial charge in [0.15, 0.2) is 5.78 Å². The van der Waals surface area contributed by atoms with Gasteiger partial charge in [0.1, 0.15) is 29.2 Å². The average Bonchev–Trinajstić information content (AvgIpc) is 3.42. The van der Waals surface area contributed by atoms with Gasteiger partial charge >= 0.3 is 5.97 Å². The second-order valence-corrected chi connectivity index (χ2v) is 9.50. The van der Waals surface area contributed by atoms with Crippen molar-refractivity contribution in [1.82, 2.24) is 10.3 Å². The number of aryl methyl sites for hydroxylation is 1. The number of aromatic nitrogens is 1. The highest BCUT2D eigenvalue weighted by atomic mass is 19.1. The van der Waals surface area contributed by atoms with Crippen molar-refractivity contribution in [2.75, 3.05) is 6.54 Å². The van der Waals surface area contributed by atoms with E-state index in [1.807, 2.05) is 18.2 Å². The normalized spacial score (nSPS) is 12.6. The zero-order valence-electron chi connectivity index (χ0n) is 21.9. The number of rotatable bonds is 12. The smallest absolute Gasteiger partial charge is 0.355 e. The molecule has 0 amide bonds. The van der Waals surface area contributed by atoms with Gasteiger partial charge in [-0.05, 0) is 59.9 Å². The second kappa shape index (κ2) is 13.2. The highest BCUT2D eigenvalue weighted by molar-refractivity contribution is 6.10. The van der Waals surface area contributed by atoms with E-state index in [2.05, 4.69) is 23.3 Å². The molecule has 208 valence electrons. The number of halogens is 3. The number of hydrogen-bond donors (Lipinski definition) is 3. The molecule has 0 aliphatic heterocycles. The number of nitrogens with two attached hydrogens (primary N) is 1. The van der Waals surface area contributed by atoms with E-state index < -0.39 is 41.4 Å². The fraction of sp³-hybridized carbons (Fsp3) is 0.226. The minimum atomic E-state index is -0.887. The summed E-state index contributed by atoms with van der Waals surface area (Å²) in [5, 5.41) is 3.24. The van der Waals surface area contributed by atoms with E-state index in [9.17, 15) is 22.8 Å². The van der Waals surface area contributed by atoms with Gasteiger partial charge in [-0.1, -0.05) is 43.3 Å². The molecule has 0 aliphatic rings. The van der Waals surface area contributed by atoms with Crippen molar-refractivity contribution < 1.29 is 27.5 Å². The Labute approximate surface area is 230 Å². The van der Waals surface area contributed by atoms with Crippen molar-refractivity contribution in [3.05, 3.63) is 130 Å². The number of aromatic amines is 1. The quantitative estimate of drug-likeness (QED) is 0.169. The van der Waals surface area contributed by atoms with Crippen molar-refractivity contribution >= 4 is 11.8 Å². The highest BCUT2D eigenvalue weighted by Crippen LogP contribution is 2.17. The number of esters is 1. The van der Waals surface area contributed by atoms with E-state index >= 15 is 0 Å². The van der Waals surface area contributed by atoms with E-state index in [4.69, 9.17) is 10.5 Å². The number of H-pyrrole nitrogens is 1. The predicted octanol–water partition coefficient (Wildman–Crippen LogP) is 5.11. The lowest BCUT2D eigenvalue weighted by Gasteiger charge is -2.25. The lowest BCUT2D eigenvalue weighted by molar-refractivity contribution is 0.0232. The van der Waals surface area contributed by atoms with E-state index in [1.165, 1.54) is 48.2 Å². The maximum atomic E-state index is 14.1. The molecule has 0 aliphatic carbocycles. The van der Waals surface area contributed by atoms with Crippen molar-refractivity contribution in [2.24, 2.45) is 5.73 Å². The fourth-order valence-corrected chi connectivity index (χ4v) is 4.38. The molecular formula is C31H30F3N3O3. The summed E-state index contributed by atoms with van der Waals surface area (Å²) in [7, 11) is 0. The standard InChI is InChI=1S/C31H30F3N3O3/c1-2-19-6-5-7-20(10-19)16-36-18-29(27(35)13-21-11-23(32)15-24(33)12-21)40-31(39)28-14-22(17-37-28)30(38)25-8-3-4-9-26(25)34/h3-12,14-15,17,27,29,36-37H,2,13,16,18,35H2,1H3. The molecule has 2 atom stereocenters.